The normalized spacial score (nSPS) is 13.3. The second kappa shape index (κ2) is 9.23. The van der Waals surface area contributed by atoms with Gasteiger partial charge in [0, 0.05) is 6.54 Å². The number of hydrogen-bond donors (Lipinski definition) is 1. The second-order valence-electron chi connectivity index (χ2n) is 6.37. The first-order valence-electron chi connectivity index (χ1n) is 8.69. The number of amides is 1. The van der Waals surface area contributed by atoms with E-state index in [2.05, 4.69) is 16.3 Å². The third kappa shape index (κ3) is 5.07. The molecule has 25 heavy (non-hydrogen) atoms. The number of nitrogens with one attached hydrogen (secondary N) is 1. The molecule has 0 saturated heterocycles. The number of likely N-dealkylation sites (N-methyl/N-ethyl adjacent to an activating group) is 1. The van der Waals surface area contributed by atoms with Gasteiger partial charge in [-0.25, -0.2) is 0 Å². The zero-order valence-electron chi connectivity index (χ0n) is 15.5. The Balaban J connectivity index is 2.08. The van der Waals surface area contributed by atoms with E-state index in [1.165, 1.54) is 0 Å². The predicted octanol–water partition coefficient (Wildman–Crippen LogP) is 3.61. The van der Waals surface area contributed by atoms with Crippen molar-refractivity contribution in [2.45, 2.75) is 25.3 Å². The molecule has 4 heteroatoms. The highest BCUT2D eigenvalue weighted by atomic mass is 16.5. The van der Waals surface area contributed by atoms with Crippen LogP contribution in [0.4, 0.5) is 0 Å². The van der Waals surface area contributed by atoms with Gasteiger partial charge in [0.1, 0.15) is 5.75 Å². The average molecular weight is 340 g/mol. The summed E-state index contributed by atoms with van der Waals surface area (Å²) in [5, 5.41) is 3.13. The van der Waals surface area contributed by atoms with Crippen LogP contribution >= 0.6 is 0 Å². The molecule has 1 N–H and O–H groups in total. The Hall–Kier alpha value is -2.33. The summed E-state index contributed by atoms with van der Waals surface area (Å²) in [6.45, 7) is 2.60. The molecule has 2 aromatic rings. The molecule has 2 unspecified atom stereocenters. The van der Waals surface area contributed by atoms with Crippen molar-refractivity contribution in [3.63, 3.8) is 0 Å². The largest absolute Gasteiger partial charge is 0.497 e. The van der Waals surface area contributed by atoms with Crippen molar-refractivity contribution in [3.8, 4) is 5.75 Å². The van der Waals surface area contributed by atoms with E-state index >= 15 is 0 Å². The zero-order valence-corrected chi connectivity index (χ0v) is 15.5. The van der Waals surface area contributed by atoms with Crippen molar-refractivity contribution in [2.75, 3.05) is 27.7 Å². The first-order valence-corrected chi connectivity index (χ1v) is 8.69. The molecule has 0 saturated carbocycles. The topological polar surface area (TPSA) is 41.6 Å². The predicted molar refractivity (Wildman–Crippen MR) is 102 cm³/mol. The molecular weight excluding hydrogens is 312 g/mol. The van der Waals surface area contributed by atoms with Crippen molar-refractivity contribution in [2.24, 2.45) is 0 Å². The number of carbonyl (C=O) groups is 1. The van der Waals surface area contributed by atoms with Crippen LogP contribution < -0.4 is 10.1 Å². The molecule has 0 fully saturated rings. The number of rotatable bonds is 8. The smallest absolute Gasteiger partial charge is 0.227 e. The number of ether oxygens (including phenoxy) is 1. The molecule has 0 heterocycles. The molecule has 0 aliphatic carbocycles. The summed E-state index contributed by atoms with van der Waals surface area (Å²) in [5.41, 5.74) is 2.18. The van der Waals surface area contributed by atoms with E-state index in [1.54, 1.807) is 7.11 Å². The Morgan fingerprint density at radius 1 is 1.08 bits per heavy atom. The van der Waals surface area contributed by atoms with E-state index in [1.807, 2.05) is 69.6 Å². The van der Waals surface area contributed by atoms with Gasteiger partial charge < -0.3 is 15.0 Å². The second-order valence-corrected chi connectivity index (χ2v) is 6.37. The maximum atomic E-state index is 12.7. The molecule has 0 aliphatic heterocycles. The molecule has 1 amide bonds. The highest BCUT2D eigenvalue weighted by Crippen LogP contribution is 2.23. The van der Waals surface area contributed by atoms with Crippen molar-refractivity contribution < 1.29 is 9.53 Å². The van der Waals surface area contributed by atoms with E-state index in [0.29, 0.717) is 6.54 Å². The first kappa shape index (κ1) is 19.0. The van der Waals surface area contributed by atoms with Gasteiger partial charge >= 0.3 is 0 Å². The molecule has 0 spiro atoms. The number of hydrogen-bond acceptors (Lipinski definition) is 3. The number of methoxy groups -OCH3 is 1. The van der Waals surface area contributed by atoms with E-state index in [-0.39, 0.29) is 17.9 Å². The molecule has 0 aromatic heterocycles. The molecule has 2 atom stereocenters. The molecule has 2 rings (SSSR count). The molecule has 0 aliphatic rings. The number of carbonyl (C=O) groups excluding carboxylic acids is 1. The van der Waals surface area contributed by atoms with Gasteiger partial charge in [0.2, 0.25) is 5.91 Å². The molecule has 4 nitrogen and oxygen atoms in total. The Kier molecular flexibility index (Phi) is 7.02. The summed E-state index contributed by atoms with van der Waals surface area (Å²) < 4.78 is 5.32. The van der Waals surface area contributed by atoms with Gasteiger partial charge in [-0.3, -0.25) is 4.79 Å². The fourth-order valence-corrected chi connectivity index (χ4v) is 3.03. The van der Waals surface area contributed by atoms with Crippen LogP contribution in [-0.4, -0.2) is 38.6 Å². The van der Waals surface area contributed by atoms with Crippen LogP contribution in [0.5, 0.6) is 5.75 Å². The average Bonchev–Trinajstić information content (AvgIpc) is 2.63. The fraction of sp³-hybridized carbons (Fsp3) is 0.381. The quantitative estimate of drug-likeness (QED) is 0.798. The van der Waals surface area contributed by atoms with Gasteiger partial charge in [-0.15, -0.1) is 0 Å². The van der Waals surface area contributed by atoms with Gasteiger partial charge in [-0.05, 0) is 43.8 Å². The SMILES string of the molecule is CCC(C(=O)NCC(c1cccc(OC)c1)N(C)C)c1ccccc1. The summed E-state index contributed by atoms with van der Waals surface area (Å²) >= 11 is 0. The standard InChI is InChI=1S/C21H28N2O2/c1-5-19(16-10-7-6-8-11-16)21(24)22-15-20(23(2)3)17-12-9-13-18(14-17)25-4/h6-14,19-20H,5,15H2,1-4H3,(H,22,24). The Labute approximate surface area is 150 Å². The third-order valence-electron chi connectivity index (χ3n) is 4.50. The molecule has 0 radical (unpaired) electrons. The summed E-state index contributed by atoms with van der Waals surface area (Å²) in [6.07, 6.45) is 0.779. The highest BCUT2D eigenvalue weighted by Gasteiger charge is 2.21. The van der Waals surface area contributed by atoms with Crippen LogP contribution in [0.15, 0.2) is 54.6 Å². The summed E-state index contributed by atoms with van der Waals surface area (Å²) in [5.74, 6) is 0.782. The van der Waals surface area contributed by atoms with Crippen LogP contribution in [-0.2, 0) is 4.79 Å². The Morgan fingerprint density at radius 3 is 2.36 bits per heavy atom. The van der Waals surface area contributed by atoms with Gasteiger partial charge in [-0.2, -0.15) is 0 Å². The zero-order chi connectivity index (χ0) is 18.2. The molecule has 0 bridgehead atoms. The van der Waals surface area contributed by atoms with Crippen LogP contribution in [0, 0.1) is 0 Å². The van der Waals surface area contributed by atoms with Crippen LogP contribution in [0.3, 0.4) is 0 Å². The minimum absolute atomic E-state index is 0.0726. The third-order valence-corrected chi connectivity index (χ3v) is 4.50. The lowest BCUT2D eigenvalue weighted by Crippen LogP contribution is -2.37. The lowest BCUT2D eigenvalue weighted by molar-refractivity contribution is -0.122. The minimum Gasteiger partial charge on any atom is -0.497 e. The van der Waals surface area contributed by atoms with Crippen LogP contribution in [0.2, 0.25) is 0 Å². The van der Waals surface area contributed by atoms with E-state index < -0.39 is 0 Å². The van der Waals surface area contributed by atoms with Crippen molar-refractivity contribution >= 4 is 5.91 Å². The maximum Gasteiger partial charge on any atom is 0.227 e. The summed E-state index contributed by atoms with van der Waals surface area (Å²) in [4.78, 5) is 14.8. The fourth-order valence-electron chi connectivity index (χ4n) is 3.03. The summed E-state index contributed by atoms with van der Waals surface area (Å²) in [7, 11) is 5.70. The lowest BCUT2D eigenvalue weighted by atomic mass is 9.95. The molecule has 2 aromatic carbocycles. The van der Waals surface area contributed by atoms with Crippen molar-refractivity contribution in [3.05, 3.63) is 65.7 Å². The first-order chi connectivity index (χ1) is 12.1. The van der Waals surface area contributed by atoms with Crippen LogP contribution in [0.25, 0.3) is 0 Å². The van der Waals surface area contributed by atoms with Gasteiger partial charge in [0.15, 0.2) is 0 Å². The van der Waals surface area contributed by atoms with E-state index in [0.717, 1.165) is 23.3 Å². The highest BCUT2D eigenvalue weighted by molar-refractivity contribution is 5.83. The molecular formula is C21H28N2O2. The van der Waals surface area contributed by atoms with Gasteiger partial charge in [-0.1, -0.05) is 49.4 Å². The minimum atomic E-state index is -0.116. The number of nitrogens with zero attached hydrogens (tertiary/aromatic N) is 1. The Morgan fingerprint density at radius 2 is 1.76 bits per heavy atom. The van der Waals surface area contributed by atoms with E-state index in [4.69, 9.17) is 4.74 Å². The Bertz CT molecular complexity index is 671. The van der Waals surface area contributed by atoms with Crippen LogP contribution in [0.1, 0.15) is 36.4 Å². The van der Waals surface area contributed by atoms with Gasteiger partial charge in [0.05, 0.1) is 19.1 Å². The number of benzene rings is 2. The van der Waals surface area contributed by atoms with Crippen molar-refractivity contribution in [1.82, 2.24) is 10.2 Å². The van der Waals surface area contributed by atoms with Crippen molar-refractivity contribution in [1.29, 1.82) is 0 Å². The molecule has 134 valence electrons. The monoisotopic (exact) mass is 340 g/mol. The maximum absolute atomic E-state index is 12.7. The lowest BCUT2D eigenvalue weighted by Gasteiger charge is -2.26. The summed E-state index contributed by atoms with van der Waals surface area (Å²) in [6, 6.07) is 18.0. The van der Waals surface area contributed by atoms with Gasteiger partial charge in [0.25, 0.3) is 0 Å². The van der Waals surface area contributed by atoms with E-state index in [9.17, 15) is 4.79 Å².